The highest BCUT2D eigenvalue weighted by molar-refractivity contribution is 7.98. The number of thioether (sulfide) groups is 1. The van der Waals surface area contributed by atoms with Crippen LogP contribution in [0.2, 0.25) is 0 Å². The molecule has 3 rings (SSSR count). The molecule has 0 spiro atoms. The van der Waals surface area contributed by atoms with E-state index in [9.17, 15) is 14.7 Å². The largest absolute Gasteiger partial charge is 0.480 e. The highest BCUT2D eigenvalue weighted by Crippen LogP contribution is 2.19. The number of H-pyrrole nitrogens is 1. The number of para-hydroxylation sites is 1. The topological polar surface area (TPSA) is 87.5 Å². The molecule has 0 unspecified atom stereocenters. The quantitative estimate of drug-likeness (QED) is 0.616. The number of nitrogens with one attached hydrogen (secondary N) is 1. The van der Waals surface area contributed by atoms with E-state index in [2.05, 4.69) is 10.1 Å². The fraction of sp³-hybridized carbons (Fsp3) is 0.150. The maximum absolute atomic E-state index is 13.0. The van der Waals surface area contributed by atoms with Crippen molar-refractivity contribution < 1.29 is 9.90 Å². The molecule has 0 aliphatic heterocycles. The van der Waals surface area contributed by atoms with Gasteiger partial charge in [0.15, 0.2) is 6.04 Å². The van der Waals surface area contributed by atoms with E-state index in [1.807, 2.05) is 66.9 Å². The van der Waals surface area contributed by atoms with Crippen LogP contribution in [-0.4, -0.2) is 45.1 Å². The van der Waals surface area contributed by atoms with Gasteiger partial charge in [-0.2, -0.15) is 11.8 Å². The predicted octanol–water partition coefficient (Wildman–Crippen LogP) is 3.07. The summed E-state index contributed by atoms with van der Waals surface area (Å²) in [5, 5.41) is 12.4. The molecule has 0 fully saturated rings. The smallest absolute Gasteiger partial charge is 0.329 e. The summed E-state index contributed by atoms with van der Waals surface area (Å²) < 4.78 is 1.44. The minimum Gasteiger partial charge on any atom is -0.480 e. The number of hydrogen-bond acceptors (Lipinski definition) is 4. The molecule has 3 aromatic rings. The van der Waals surface area contributed by atoms with Crippen LogP contribution < -0.4 is 5.56 Å². The first-order valence-electron chi connectivity index (χ1n) is 8.32. The summed E-state index contributed by atoms with van der Waals surface area (Å²) in [7, 11) is 0. The van der Waals surface area contributed by atoms with E-state index in [0.29, 0.717) is 22.7 Å². The fourth-order valence-corrected chi connectivity index (χ4v) is 3.20. The molecule has 0 radical (unpaired) electrons. The molecule has 0 amide bonds. The SMILES string of the molecule is CSC[C@H](N=Cc1c(-c2ccccc2)[nH]n(-c2ccccc2)c1=O)C(=O)O. The summed E-state index contributed by atoms with van der Waals surface area (Å²) >= 11 is 1.39. The van der Waals surface area contributed by atoms with E-state index >= 15 is 0 Å². The average Bonchev–Trinajstić information content (AvgIpc) is 3.02. The van der Waals surface area contributed by atoms with Gasteiger partial charge in [0, 0.05) is 17.5 Å². The number of carboxylic acid groups (broad SMARTS) is 1. The normalized spacial score (nSPS) is 12.3. The molecule has 0 aliphatic carbocycles. The summed E-state index contributed by atoms with van der Waals surface area (Å²) in [5.41, 5.74) is 2.16. The second-order valence-electron chi connectivity index (χ2n) is 5.83. The second-order valence-corrected chi connectivity index (χ2v) is 6.74. The molecule has 6 nitrogen and oxygen atoms in total. The average molecular weight is 381 g/mol. The first-order chi connectivity index (χ1) is 13.1. The van der Waals surface area contributed by atoms with Crippen molar-refractivity contribution in [3.8, 4) is 16.9 Å². The molecule has 138 valence electrons. The van der Waals surface area contributed by atoms with Crippen LogP contribution in [0.4, 0.5) is 0 Å². The summed E-state index contributed by atoms with van der Waals surface area (Å²) in [4.78, 5) is 28.5. The standard InChI is InChI=1S/C20H19N3O3S/c1-27-13-17(20(25)26)21-12-16-18(14-8-4-2-5-9-14)22-23(19(16)24)15-10-6-3-7-11-15/h2-12,17,22H,13H2,1H3,(H,25,26)/t17-/m0/s1. The van der Waals surface area contributed by atoms with Gasteiger partial charge in [-0.25, -0.2) is 9.48 Å². The first-order valence-corrected chi connectivity index (χ1v) is 9.72. The van der Waals surface area contributed by atoms with Crippen LogP contribution in [-0.2, 0) is 4.79 Å². The molecule has 1 aromatic heterocycles. The second kappa shape index (κ2) is 8.55. The summed E-state index contributed by atoms with van der Waals surface area (Å²) in [6.45, 7) is 0. The molecule has 1 atom stereocenters. The number of aromatic nitrogens is 2. The molecular weight excluding hydrogens is 362 g/mol. The van der Waals surface area contributed by atoms with Crippen LogP contribution in [0.25, 0.3) is 16.9 Å². The highest BCUT2D eigenvalue weighted by Gasteiger charge is 2.18. The van der Waals surface area contributed by atoms with Gasteiger partial charge in [-0.1, -0.05) is 48.5 Å². The van der Waals surface area contributed by atoms with Gasteiger partial charge in [0.05, 0.1) is 16.9 Å². The van der Waals surface area contributed by atoms with Gasteiger partial charge in [-0.15, -0.1) is 0 Å². The number of nitrogens with zero attached hydrogens (tertiary/aromatic N) is 2. The van der Waals surface area contributed by atoms with Crippen molar-refractivity contribution >= 4 is 23.9 Å². The molecule has 2 aromatic carbocycles. The monoisotopic (exact) mass is 381 g/mol. The molecule has 0 saturated heterocycles. The molecular formula is C20H19N3O3S. The molecule has 7 heteroatoms. The predicted molar refractivity (Wildman–Crippen MR) is 109 cm³/mol. The Bertz CT molecular complexity index is 994. The first kappa shape index (κ1) is 18.7. The van der Waals surface area contributed by atoms with E-state index in [1.54, 1.807) is 0 Å². The summed E-state index contributed by atoms with van der Waals surface area (Å²) in [5.74, 6) is -0.676. The van der Waals surface area contributed by atoms with Gasteiger partial charge < -0.3 is 5.11 Å². The van der Waals surface area contributed by atoms with Gasteiger partial charge in [-0.3, -0.25) is 14.9 Å². The van der Waals surface area contributed by atoms with Gasteiger partial charge in [-0.05, 0) is 18.4 Å². The maximum atomic E-state index is 13.0. The van der Waals surface area contributed by atoms with E-state index in [1.165, 1.54) is 22.7 Å². The summed E-state index contributed by atoms with van der Waals surface area (Å²) in [6, 6.07) is 17.7. The number of carbonyl (C=O) groups is 1. The molecule has 2 N–H and O–H groups in total. The number of carboxylic acids is 1. The van der Waals surface area contributed by atoms with Gasteiger partial charge in [0.1, 0.15) is 0 Å². The van der Waals surface area contributed by atoms with Crippen LogP contribution in [0.3, 0.4) is 0 Å². The maximum Gasteiger partial charge on any atom is 0.329 e. The number of rotatable bonds is 7. The Balaban J connectivity index is 2.12. The van der Waals surface area contributed by atoms with Crippen LogP contribution >= 0.6 is 11.8 Å². The van der Waals surface area contributed by atoms with Crippen LogP contribution in [0.5, 0.6) is 0 Å². The van der Waals surface area contributed by atoms with Crippen molar-refractivity contribution in [2.24, 2.45) is 4.99 Å². The minimum atomic E-state index is -1.01. The summed E-state index contributed by atoms with van der Waals surface area (Å²) in [6.07, 6.45) is 3.19. The molecule has 0 bridgehead atoms. The zero-order chi connectivity index (χ0) is 19.2. The number of hydrogen-bond donors (Lipinski definition) is 2. The van der Waals surface area contributed by atoms with E-state index in [0.717, 1.165) is 5.56 Å². The number of benzene rings is 2. The van der Waals surface area contributed by atoms with Crippen LogP contribution in [0, 0.1) is 0 Å². The lowest BCUT2D eigenvalue weighted by Crippen LogP contribution is -2.22. The third-order valence-electron chi connectivity index (χ3n) is 4.00. The number of aliphatic carboxylic acids is 1. The van der Waals surface area contributed by atoms with Crippen molar-refractivity contribution in [2.45, 2.75) is 6.04 Å². The van der Waals surface area contributed by atoms with Crippen molar-refractivity contribution in [1.82, 2.24) is 9.78 Å². The van der Waals surface area contributed by atoms with E-state index < -0.39 is 12.0 Å². The van der Waals surface area contributed by atoms with Crippen LogP contribution in [0.1, 0.15) is 5.56 Å². The Morgan fingerprint density at radius 1 is 1.19 bits per heavy atom. The Morgan fingerprint density at radius 2 is 1.81 bits per heavy atom. The van der Waals surface area contributed by atoms with Crippen molar-refractivity contribution in [3.05, 3.63) is 76.6 Å². The van der Waals surface area contributed by atoms with Crippen molar-refractivity contribution in [1.29, 1.82) is 0 Å². The third kappa shape index (κ3) is 4.20. The van der Waals surface area contributed by atoms with Crippen molar-refractivity contribution in [2.75, 3.05) is 12.0 Å². The lowest BCUT2D eigenvalue weighted by molar-refractivity contribution is -0.137. The number of aliphatic imine (C=N–C) groups is 1. The zero-order valence-electron chi connectivity index (χ0n) is 14.7. The molecule has 27 heavy (non-hydrogen) atoms. The molecule has 1 heterocycles. The molecule has 0 aliphatic rings. The van der Waals surface area contributed by atoms with Gasteiger partial charge >= 0.3 is 5.97 Å². The van der Waals surface area contributed by atoms with E-state index in [4.69, 9.17) is 0 Å². The minimum absolute atomic E-state index is 0.280. The lowest BCUT2D eigenvalue weighted by atomic mass is 10.1. The number of aromatic amines is 1. The van der Waals surface area contributed by atoms with Gasteiger partial charge in [0.25, 0.3) is 5.56 Å². The van der Waals surface area contributed by atoms with E-state index in [-0.39, 0.29) is 5.56 Å². The van der Waals surface area contributed by atoms with Gasteiger partial charge in [0.2, 0.25) is 0 Å². The zero-order valence-corrected chi connectivity index (χ0v) is 15.5. The molecule has 0 saturated carbocycles. The third-order valence-corrected chi connectivity index (χ3v) is 4.65. The highest BCUT2D eigenvalue weighted by atomic mass is 32.2. The Labute approximate surface area is 160 Å². The fourth-order valence-electron chi connectivity index (χ4n) is 2.65. The van der Waals surface area contributed by atoms with Crippen molar-refractivity contribution in [3.63, 3.8) is 0 Å². The Kier molecular flexibility index (Phi) is 5.93. The lowest BCUT2D eigenvalue weighted by Gasteiger charge is -2.04. The Morgan fingerprint density at radius 3 is 2.41 bits per heavy atom. The Hall–Kier alpha value is -3.06. The van der Waals surface area contributed by atoms with Crippen LogP contribution in [0.15, 0.2) is 70.5 Å².